The first-order chi connectivity index (χ1) is 18.0. The molecule has 0 bridgehead atoms. The van der Waals surface area contributed by atoms with Crippen LogP contribution in [0.25, 0.3) is 0 Å². The van der Waals surface area contributed by atoms with Crippen molar-refractivity contribution in [2.75, 3.05) is 38.5 Å². The second-order valence-corrected chi connectivity index (χ2v) is 10.5. The molecule has 0 radical (unpaired) electrons. The molecule has 8 nitrogen and oxygen atoms in total. The Hall–Kier alpha value is -2.81. The molecule has 3 heterocycles. The van der Waals surface area contributed by atoms with Crippen LogP contribution in [0.5, 0.6) is 5.75 Å². The quantitative estimate of drug-likeness (QED) is 0.376. The Morgan fingerprint density at radius 2 is 1.89 bits per heavy atom. The molecule has 0 saturated carbocycles. The van der Waals surface area contributed by atoms with E-state index in [9.17, 15) is 9.59 Å². The molecule has 4 N–H and O–H groups in total. The van der Waals surface area contributed by atoms with Gasteiger partial charge < -0.3 is 25.8 Å². The second-order valence-electron chi connectivity index (χ2n) is 10.1. The molecule has 0 aromatic heterocycles. The SMILES string of the molecule is Nc1c(Cl)cc(C(=O)NC2CCN(C(C(=O)OCc3ccccc3)C3CCNCC3)CC2)c2c1CCO2. The van der Waals surface area contributed by atoms with Crippen molar-refractivity contribution in [1.82, 2.24) is 15.5 Å². The monoisotopic (exact) mass is 526 g/mol. The number of amides is 1. The molecule has 3 aliphatic heterocycles. The molecule has 1 atom stereocenters. The van der Waals surface area contributed by atoms with E-state index in [1.54, 1.807) is 6.07 Å². The average Bonchev–Trinajstić information content (AvgIpc) is 3.42. The summed E-state index contributed by atoms with van der Waals surface area (Å²) in [7, 11) is 0. The van der Waals surface area contributed by atoms with Crippen LogP contribution in [0.3, 0.4) is 0 Å². The Morgan fingerprint density at radius 3 is 2.62 bits per heavy atom. The van der Waals surface area contributed by atoms with E-state index in [1.165, 1.54) is 0 Å². The van der Waals surface area contributed by atoms with Crippen LogP contribution in [0.4, 0.5) is 5.69 Å². The van der Waals surface area contributed by atoms with Gasteiger partial charge in [0.05, 0.1) is 22.9 Å². The number of anilines is 1. The van der Waals surface area contributed by atoms with Gasteiger partial charge in [0.1, 0.15) is 18.4 Å². The highest BCUT2D eigenvalue weighted by atomic mass is 35.5. The lowest BCUT2D eigenvalue weighted by molar-refractivity contribution is -0.155. The summed E-state index contributed by atoms with van der Waals surface area (Å²) in [6, 6.07) is 11.1. The zero-order valence-electron chi connectivity index (χ0n) is 21.0. The number of carbonyl (C=O) groups is 2. The van der Waals surface area contributed by atoms with Gasteiger partial charge in [-0.15, -0.1) is 0 Å². The standard InChI is InChI=1S/C28H35ClN4O4/c29-23-16-22(26-21(24(23)30)10-15-36-26)27(34)32-20-8-13-33(14-9-20)25(19-6-11-31-12-7-19)28(35)37-17-18-4-2-1-3-5-18/h1-5,16,19-20,25,31H,6-15,17,30H2,(H,32,34). The lowest BCUT2D eigenvalue weighted by atomic mass is 9.87. The van der Waals surface area contributed by atoms with E-state index in [0.29, 0.717) is 35.1 Å². The predicted octanol–water partition coefficient (Wildman–Crippen LogP) is 3.16. The second kappa shape index (κ2) is 11.7. The van der Waals surface area contributed by atoms with E-state index >= 15 is 0 Å². The fourth-order valence-electron chi connectivity index (χ4n) is 5.73. The first-order valence-electron chi connectivity index (χ1n) is 13.2. The number of nitrogens with two attached hydrogens (primary N) is 1. The van der Waals surface area contributed by atoms with Crippen molar-refractivity contribution in [3.05, 3.63) is 58.1 Å². The van der Waals surface area contributed by atoms with Gasteiger partial charge in [-0.05, 0) is 56.3 Å². The highest BCUT2D eigenvalue weighted by Gasteiger charge is 2.38. The first kappa shape index (κ1) is 25.8. The lowest BCUT2D eigenvalue weighted by Gasteiger charge is -2.41. The molecule has 1 amide bonds. The van der Waals surface area contributed by atoms with Crippen LogP contribution in [0, 0.1) is 5.92 Å². The molecule has 5 rings (SSSR count). The number of carbonyl (C=O) groups excluding carboxylic acids is 2. The zero-order chi connectivity index (χ0) is 25.8. The van der Waals surface area contributed by atoms with Crippen LogP contribution in [0.2, 0.25) is 5.02 Å². The highest BCUT2D eigenvalue weighted by Crippen LogP contribution is 2.38. The van der Waals surface area contributed by atoms with Crippen LogP contribution in [-0.4, -0.2) is 61.6 Å². The van der Waals surface area contributed by atoms with Gasteiger partial charge in [0, 0.05) is 31.1 Å². The van der Waals surface area contributed by atoms with Crippen LogP contribution in [0.1, 0.15) is 47.2 Å². The van der Waals surface area contributed by atoms with Gasteiger partial charge in [-0.25, -0.2) is 0 Å². The summed E-state index contributed by atoms with van der Waals surface area (Å²) in [4.78, 5) is 28.7. The first-order valence-corrected chi connectivity index (χ1v) is 13.6. The van der Waals surface area contributed by atoms with Gasteiger partial charge in [-0.3, -0.25) is 14.5 Å². The molecule has 2 aromatic rings. The van der Waals surface area contributed by atoms with E-state index < -0.39 is 0 Å². The Kier molecular flexibility index (Phi) is 8.17. The van der Waals surface area contributed by atoms with Crippen molar-refractivity contribution in [3.63, 3.8) is 0 Å². The minimum atomic E-state index is -0.268. The lowest BCUT2D eigenvalue weighted by Crippen LogP contribution is -2.54. The Labute approximate surface area is 222 Å². The fourth-order valence-corrected chi connectivity index (χ4v) is 5.96. The molecule has 2 aromatic carbocycles. The smallest absolute Gasteiger partial charge is 0.323 e. The maximum absolute atomic E-state index is 13.3. The summed E-state index contributed by atoms with van der Waals surface area (Å²) in [6.45, 7) is 4.04. The summed E-state index contributed by atoms with van der Waals surface area (Å²) >= 11 is 6.29. The molecular weight excluding hydrogens is 492 g/mol. The number of halogens is 1. The van der Waals surface area contributed by atoms with Gasteiger partial charge in [0.15, 0.2) is 0 Å². The number of fused-ring (bicyclic) bond motifs is 1. The van der Waals surface area contributed by atoms with E-state index in [0.717, 1.165) is 63.0 Å². The maximum Gasteiger partial charge on any atom is 0.323 e. The largest absolute Gasteiger partial charge is 0.492 e. The van der Waals surface area contributed by atoms with Crippen LogP contribution >= 0.6 is 11.6 Å². The van der Waals surface area contributed by atoms with Crippen molar-refractivity contribution in [1.29, 1.82) is 0 Å². The Morgan fingerprint density at radius 1 is 1.16 bits per heavy atom. The number of benzene rings is 2. The molecular formula is C28H35ClN4O4. The molecule has 3 aliphatic rings. The number of nitrogens with one attached hydrogen (secondary N) is 2. The Balaban J connectivity index is 1.21. The summed E-state index contributed by atoms with van der Waals surface area (Å²) in [5.74, 6) is 0.453. The summed E-state index contributed by atoms with van der Waals surface area (Å²) < 4.78 is 11.5. The van der Waals surface area contributed by atoms with Crippen LogP contribution in [-0.2, 0) is 22.6 Å². The molecule has 37 heavy (non-hydrogen) atoms. The molecule has 2 saturated heterocycles. The zero-order valence-corrected chi connectivity index (χ0v) is 21.8. The minimum absolute atomic E-state index is 0.00569. The van der Waals surface area contributed by atoms with Gasteiger partial charge in [-0.1, -0.05) is 41.9 Å². The molecule has 198 valence electrons. The number of hydrogen-bond acceptors (Lipinski definition) is 7. The highest BCUT2D eigenvalue weighted by molar-refractivity contribution is 6.33. The fraction of sp³-hybridized carbons (Fsp3) is 0.500. The molecule has 9 heteroatoms. The number of esters is 1. The third-order valence-electron chi connectivity index (χ3n) is 7.77. The number of hydrogen-bond donors (Lipinski definition) is 3. The van der Waals surface area contributed by atoms with Gasteiger partial charge in [-0.2, -0.15) is 0 Å². The number of nitrogen functional groups attached to an aromatic ring is 1. The van der Waals surface area contributed by atoms with E-state index in [4.69, 9.17) is 26.8 Å². The third kappa shape index (κ3) is 5.87. The van der Waals surface area contributed by atoms with Crippen LogP contribution < -0.4 is 21.1 Å². The van der Waals surface area contributed by atoms with Crippen molar-refractivity contribution in [2.45, 2.75) is 50.8 Å². The Bertz CT molecular complexity index is 1110. The molecule has 2 fully saturated rings. The molecule has 0 aliphatic carbocycles. The van der Waals surface area contributed by atoms with E-state index in [1.807, 2.05) is 30.3 Å². The summed E-state index contributed by atoms with van der Waals surface area (Å²) in [5.41, 5.74) is 8.80. The van der Waals surface area contributed by atoms with Crippen molar-refractivity contribution in [3.8, 4) is 5.75 Å². The minimum Gasteiger partial charge on any atom is -0.492 e. The summed E-state index contributed by atoms with van der Waals surface area (Å²) in [5, 5.41) is 6.93. The number of piperidine rings is 2. The topological polar surface area (TPSA) is 106 Å². The maximum atomic E-state index is 13.3. The number of ether oxygens (including phenoxy) is 2. The van der Waals surface area contributed by atoms with Crippen LogP contribution in [0.15, 0.2) is 36.4 Å². The normalized spacial score (nSPS) is 19.6. The number of likely N-dealkylation sites (tertiary alicyclic amines) is 1. The van der Waals surface area contributed by atoms with Crippen molar-refractivity contribution < 1.29 is 19.1 Å². The van der Waals surface area contributed by atoms with Gasteiger partial charge in [0.25, 0.3) is 5.91 Å². The third-order valence-corrected chi connectivity index (χ3v) is 8.08. The van der Waals surface area contributed by atoms with Gasteiger partial charge in [0.2, 0.25) is 0 Å². The predicted molar refractivity (Wildman–Crippen MR) is 143 cm³/mol. The molecule has 1 unspecified atom stereocenters. The van der Waals surface area contributed by atoms with Gasteiger partial charge >= 0.3 is 5.97 Å². The van der Waals surface area contributed by atoms with Crippen molar-refractivity contribution in [2.24, 2.45) is 5.92 Å². The number of nitrogens with zero attached hydrogens (tertiary/aromatic N) is 1. The van der Waals surface area contributed by atoms with E-state index in [-0.39, 0.29) is 36.5 Å². The average molecular weight is 527 g/mol. The summed E-state index contributed by atoms with van der Waals surface area (Å²) in [6.07, 6.45) is 4.06. The molecule has 0 spiro atoms. The number of rotatable bonds is 7. The van der Waals surface area contributed by atoms with E-state index in [2.05, 4.69) is 15.5 Å². The van der Waals surface area contributed by atoms with Crippen molar-refractivity contribution >= 4 is 29.2 Å².